The molecular formula is C21H29NO3. The summed E-state index contributed by atoms with van der Waals surface area (Å²) in [6.07, 6.45) is 1.72. The minimum Gasteiger partial charge on any atom is -0.447 e. The van der Waals surface area contributed by atoms with Crippen LogP contribution in [0.5, 0.6) is 0 Å². The highest BCUT2D eigenvalue weighted by Gasteiger charge is 2.48. The van der Waals surface area contributed by atoms with Gasteiger partial charge in [0.05, 0.1) is 5.54 Å². The van der Waals surface area contributed by atoms with E-state index >= 15 is 0 Å². The van der Waals surface area contributed by atoms with Crippen molar-refractivity contribution in [2.24, 2.45) is 11.3 Å². The van der Waals surface area contributed by atoms with Gasteiger partial charge in [-0.2, -0.15) is 0 Å². The second kappa shape index (κ2) is 7.03. The highest BCUT2D eigenvalue weighted by atomic mass is 16.6. The summed E-state index contributed by atoms with van der Waals surface area (Å²) >= 11 is 0. The van der Waals surface area contributed by atoms with Gasteiger partial charge in [0.15, 0.2) is 0 Å². The molecular weight excluding hydrogens is 314 g/mol. The average Bonchev–Trinajstić information content (AvgIpc) is 2.79. The Kier molecular flexibility index (Phi) is 5.40. The molecule has 1 heterocycles. The van der Waals surface area contributed by atoms with E-state index in [-0.39, 0.29) is 29.8 Å². The molecule has 0 N–H and O–H groups in total. The molecule has 0 saturated carbocycles. The van der Waals surface area contributed by atoms with Crippen LogP contribution >= 0.6 is 0 Å². The standard InChI is InChI=1S/C21H29NO3/c1-7-11-16(18(23)22-19(24)25-14-21(22,5)6)17(20(2,3)4)15-12-9-8-10-13-15/h7-10,12-13,16-17H,1,11,14H2,2-6H3/t16-,17-/m0/s1. The smallest absolute Gasteiger partial charge is 0.417 e. The number of hydrogen-bond donors (Lipinski definition) is 0. The number of rotatable bonds is 5. The Labute approximate surface area is 150 Å². The fourth-order valence-electron chi connectivity index (χ4n) is 3.72. The largest absolute Gasteiger partial charge is 0.447 e. The van der Waals surface area contributed by atoms with Crippen LogP contribution in [0.3, 0.4) is 0 Å². The van der Waals surface area contributed by atoms with Crippen molar-refractivity contribution >= 4 is 12.0 Å². The van der Waals surface area contributed by atoms with Gasteiger partial charge in [-0.15, -0.1) is 6.58 Å². The van der Waals surface area contributed by atoms with Crippen molar-refractivity contribution in [1.29, 1.82) is 0 Å². The molecule has 0 unspecified atom stereocenters. The van der Waals surface area contributed by atoms with E-state index in [4.69, 9.17) is 4.74 Å². The van der Waals surface area contributed by atoms with Gasteiger partial charge in [0.2, 0.25) is 5.91 Å². The quantitative estimate of drug-likeness (QED) is 0.724. The highest BCUT2D eigenvalue weighted by Crippen LogP contribution is 2.44. The lowest BCUT2D eigenvalue weighted by molar-refractivity contribution is -0.137. The van der Waals surface area contributed by atoms with Gasteiger partial charge in [-0.25, -0.2) is 9.69 Å². The Bertz CT molecular complexity index is 643. The molecule has 1 saturated heterocycles. The van der Waals surface area contributed by atoms with Crippen LogP contribution < -0.4 is 0 Å². The van der Waals surface area contributed by atoms with Gasteiger partial charge in [-0.1, -0.05) is 57.2 Å². The number of carbonyl (C=O) groups excluding carboxylic acids is 2. The summed E-state index contributed by atoms with van der Waals surface area (Å²) in [4.78, 5) is 26.9. The molecule has 1 fully saturated rings. The monoisotopic (exact) mass is 343 g/mol. The minimum atomic E-state index is -0.632. The molecule has 25 heavy (non-hydrogen) atoms. The molecule has 2 rings (SSSR count). The number of cyclic esters (lactones) is 1. The molecule has 2 atom stereocenters. The molecule has 0 radical (unpaired) electrons. The topological polar surface area (TPSA) is 46.6 Å². The minimum absolute atomic E-state index is 0.0385. The molecule has 136 valence electrons. The van der Waals surface area contributed by atoms with Crippen LogP contribution in [-0.2, 0) is 9.53 Å². The van der Waals surface area contributed by atoms with Gasteiger partial charge in [0, 0.05) is 11.8 Å². The number of nitrogens with zero attached hydrogens (tertiary/aromatic N) is 1. The molecule has 4 heteroatoms. The summed E-state index contributed by atoms with van der Waals surface area (Å²) in [5, 5.41) is 0. The number of amides is 2. The zero-order valence-electron chi connectivity index (χ0n) is 15.9. The van der Waals surface area contributed by atoms with Crippen molar-refractivity contribution in [3.8, 4) is 0 Å². The van der Waals surface area contributed by atoms with Crippen molar-refractivity contribution < 1.29 is 14.3 Å². The summed E-state index contributed by atoms with van der Waals surface area (Å²) in [7, 11) is 0. The third kappa shape index (κ3) is 3.94. The van der Waals surface area contributed by atoms with Crippen molar-refractivity contribution in [3.05, 3.63) is 48.6 Å². The van der Waals surface area contributed by atoms with Crippen LogP contribution in [0.2, 0.25) is 0 Å². The Balaban J connectivity index is 2.48. The molecule has 0 aromatic heterocycles. The summed E-state index contributed by atoms with van der Waals surface area (Å²) in [5.74, 6) is -0.593. The van der Waals surface area contributed by atoms with Crippen LogP contribution in [-0.4, -0.2) is 29.0 Å². The number of hydrogen-bond acceptors (Lipinski definition) is 3. The van der Waals surface area contributed by atoms with E-state index in [0.717, 1.165) is 5.56 Å². The van der Waals surface area contributed by atoms with Crippen LogP contribution in [0.4, 0.5) is 4.79 Å². The molecule has 2 amide bonds. The zero-order valence-corrected chi connectivity index (χ0v) is 15.9. The maximum Gasteiger partial charge on any atom is 0.417 e. The third-order valence-corrected chi connectivity index (χ3v) is 4.79. The van der Waals surface area contributed by atoms with Crippen LogP contribution in [0.15, 0.2) is 43.0 Å². The molecule has 4 nitrogen and oxygen atoms in total. The molecule has 0 aliphatic carbocycles. The van der Waals surface area contributed by atoms with Crippen molar-refractivity contribution in [3.63, 3.8) is 0 Å². The molecule has 0 bridgehead atoms. The van der Waals surface area contributed by atoms with Crippen molar-refractivity contribution in [1.82, 2.24) is 4.90 Å². The van der Waals surface area contributed by atoms with Crippen molar-refractivity contribution in [2.75, 3.05) is 6.61 Å². The van der Waals surface area contributed by atoms with E-state index in [0.29, 0.717) is 6.42 Å². The number of benzene rings is 1. The molecule has 1 aromatic carbocycles. The molecule has 0 spiro atoms. The first-order valence-electron chi connectivity index (χ1n) is 8.76. The Hall–Kier alpha value is -2.10. The predicted octanol–water partition coefficient (Wildman–Crippen LogP) is 4.77. The lowest BCUT2D eigenvalue weighted by atomic mass is 9.68. The predicted molar refractivity (Wildman–Crippen MR) is 99.2 cm³/mol. The maximum atomic E-state index is 13.4. The van der Waals surface area contributed by atoms with E-state index in [1.54, 1.807) is 6.08 Å². The SMILES string of the molecule is C=CC[C@H](C(=O)N1C(=O)OCC1(C)C)[C@H](c1ccccc1)C(C)(C)C. The van der Waals surface area contributed by atoms with E-state index in [9.17, 15) is 9.59 Å². The van der Waals surface area contributed by atoms with Gasteiger partial charge in [0.25, 0.3) is 0 Å². The second-order valence-electron chi connectivity index (χ2n) is 8.43. The van der Waals surface area contributed by atoms with Gasteiger partial charge >= 0.3 is 6.09 Å². The molecule has 1 aliphatic heterocycles. The molecule has 1 aliphatic rings. The van der Waals surface area contributed by atoms with Crippen molar-refractivity contribution in [2.45, 2.75) is 52.5 Å². The summed E-state index contributed by atoms with van der Waals surface area (Å²) in [6.45, 7) is 14.2. The first-order chi connectivity index (χ1) is 11.6. The normalized spacial score (nSPS) is 19.2. The van der Waals surface area contributed by atoms with Crippen LogP contribution in [0, 0.1) is 11.3 Å². The third-order valence-electron chi connectivity index (χ3n) is 4.79. The van der Waals surface area contributed by atoms with E-state index < -0.39 is 11.6 Å². The lowest BCUT2D eigenvalue weighted by Gasteiger charge is -2.39. The number of allylic oxidation sites excluding steroid dienone is 1. The summed E-state index contributed by atoms with van der Waals surface area (Å²) in [5.41, 5.74) is 0.311. The van der Waals surface area contributed by atoms with Gasteiger partial charge in [0.1, 0.15) is 6.61 Å². The summed E-state index contributed by atoms with van der Waals surface area (Å²) < 4.78 is 5.14. The highest BCUT2D eigenvalue weighted by molar-refractivity contribution is 5.96. The van der Waals surface area contributed by atoms with Crippen LogP contribution in [0.1, 0.15) is 52.5 Å². The van der Waals surface area contributed by atoms with Gasteiger partial charge in [-0.3, -0.25) is 4.79 Å². The maximum absolute atomic E-state index is 13.4. The number of imide groups is 1. The Morgan fingerprint density at radius 2 is 1.92 bits per heavy atom. The Morgan fingerprint density at radius 3 is 2.36 bits per heavy atom. The lowest BCUT2D eigenvalue weighted by Crippen LogP contribution is -2.50. The zero-order chi connectivity index (χ0) is 18.8. The van der Waals surface area contributed by atoms with Gasteiger partial charge in [-0.05, 0) is 31.2 Å². The van der Waals surface area contributed by atoms with Crippen LogP contribution in [0.25, 0.3) is 0 Å². The number of carbonyl (C=O) groups is 2. The second-order valence-corrected chi connectivity index (χ2v) is 8.43. The fourth-order valence-corrected chi connectivity index (χ4v) is 3.72. The molecule has 1 aromatic rings. The first kappa shape index (κ1) is 19.2. The van der Waals surface area contributed by atoms with E-state index in [1.807, 2.05) is 44.2 Å². The summed E-state index contributed by atoms with van der Waals surface area (Å²) in [6, 6.07) is 10.0. The van der Waals surface area contributed by atoms with Gasteiger partial charge < -0.3 is 4.74 Å². The Morgan fingerprint density at radius 1 is 1.32 bits per heavy atom. The fraction of sp³-hybridized carbons (Fsp3) is 0.524. The van der Waals surface area contributed by atoms with E-state index in [1.165, 1.54) is 4.90 Å². The number of ether oxygens (including phenoxy) is 1. The first-order valence-corrected chi connectivity index (χ1v) is 8.76. The van der Waals surface area contributed by atoms with E-state index in [2.05, 4.69) is 27.4 Å². The average molecular weight is 343 g/mol.